The molecule has 0 aromatic carbocycles. The quantitative estimate of drug-likeness (QED) is 0.632. The summed E-state index contributed by atoms with van der Waals surface area (Å²) >= 11 is 0. The second kappa shape index (κ2) is 8.26. The summed E-state index contributed by atoms with van der Waals surface area (Å²) in [5.74, 6) is 0.818. The number of ether oxygens (including phenoxy) is 1. The number of H-pyrrole nitrogens is 1. The maximum atomic E-state index is 11.5. The Bertz CT molecular complexity index is 477. The van der Waals surface area contributed by atoms with Crippen LogP contribution in [0.25, 0.3) is 0 Å². The molecular formula is C15H26N4O3. The first kappa shape index (κ1) is 16.9. The summed E-state index contributed by atoms with van der Waals surface area (Å²) in [4.78, 5) is 21.3. The molecule has 2 heterocycles. The number of amides is 1. The first-order valence-electron chi connectivity index (χ1n) is 7.83. The smallest absolute Gasteiger partial charge is 0.246 e. The van der Waals surface area contributed by atoms with Crippen LogP contribution in [0.3, 0.4) is 0 Å². The molecule has 0 spiro atoms. The highest BCUT2D eigenvalue weighted by Gasteiger charge is 2.32. The van der Waals surface area contributed by atoms with Crippen molar-refractivity contribution in [2.24, 2.45) is 0 Å². The van der Waals surface area contributed by atoms with Gasteiger partial charge in [-0.3, -0.25) is 9.69 Å². The van der Waals surface area contributed by atoms with Gasteiger partial charge in [-0.15, -0.1) is 0 Å². The summed E-state index contributed by atoms with van der Waals surface area (Å²) in [7, 11) is 1.48. The SMILES string of the molecule is CCCCc1ncc(CN2C[C@@H](O)[C@H](NC(=O)COC)C2)[nH]1. The van der Waals surface area contributed by atoms with Crippen molar-refractivity contribution in [3.8, 4) is 0 Å². The van der Waals surface area contributed by atoms with Crippen molar-refractivity contribution in [2.45, 2.75) is 44.9 Å². The van der Waals surface area contributed by atoms with E-state index >= 15 is 0 Å². The second-order valence-corrected chi connectivity index (χ2v) is 5.83. The van der Waals surface area contributed by atoms with E-state index in [-0.39, 0.29) is 18.6 Å². The summed E-state index contributed by atoms with van der Waals surface area (Å²) < 4.78 is 4.79. The van der Waals surface area contributed by atoms with E-state index in [0.717, 1.165) is 30.8 Å². The Hall–Kier alpha value is -1.44. The minimum absolute atomic E-state index is 0.0184. The van der Waals surface area contributed by atoms with E-state index in [1.807, 2.05) is 6.20 Å². The maximum absolute atomic E-state index is 11.5. The van der Waals surface area contributed by atoms with Gasteiger partial charge in [0, 0.05) is 45.1 Å². The first-order chi connectivity index (χ1) is 10.6. The summed E-state index contributed by atoms with van der Waals surface area (Å²) in [6, 6.07) is -0.245. The van der Waals surface area contributed by atoms with Gasteiger partial charge in [0.05, 0.1) is 12.1 Å². The van der Waals surface area contributed by atoms with Gasteiger partial charge >= 0.3 is 0 Å². The number of carbonyl (C=O) groups is 1. The predicted octanol–water partition coefficient (Wildman–Crippen LogP) is 0.0600. The second-order valence-electron chi connectivity index (χ2n) is 5.83. The summed E-state index contributed by atoms with van der Waals surface area (Å²) in [6.07, 6.45) is 4.55. The maximum Gasteiger partial charge on any atom is 0.246 e. The molecule has 22 heavy (non-hydrogen) atoms. The fraction of sp³-hybridized carbons (Fsp3) is 0.733. The number of nitrogens with zero attached hydrogens (tertiary/aromatic N) is 2. The number of rotatable bonds is 8. The van der Waals surface area contributed by atoms with Crippen molar-refractivity contribution < 1.29 is 14.6 Å². The lowest BCUT2D eigenvalue weighted by molar-refractivity contribution is -0.125. The molecular weight excluding hydrogens is 284 g/mol. The zero-order valence-corrected chi connectivity index (χ0v) is 13.3. The number of unbranched alkanes of at least 4 members (excludes halogenated alkanes) is 1. The van der Waals surface area contributed by atoms with Crippen LogP contribution in [0, 0.1) is 0 Å². The molecule has 0 bridgehead atoms. The molecule has 1 aromatic heterocycles. The molecule has 1 amide bonds. The van der Waals surface area contributed by atoms with Crippen LogP contribution in [0.15, 0.2) is 6.20 Å². The van der Waals surface area contributed by atoms with Crippen molar-refractivity contribution in [1.29, 1.82) is 0 Å². The zero-order chi connectivity index (χ0) is 15.9. The largest absolute Gasteiger partial charge is 0.390 e. The van der Waals surface area contributed by atoms with E-state index in [0.29, 0.717) is 19.6 Å². The summed E-state index contributed by atoms with van der Waals surface area (Å²) in [5, 5.41) is 12.8. The normalized spacial score (nSPS) is 22.1. The van der Waals surface area contributed by atoms with Gasteiger partial charge in [-0.2, -0.15) is 0 Å². The molecule has 1 fully saturated rings. The van der Waals surface area contributed by atoms with Crippen molar-refractivity contribution in [1.82, 2.24) is 20.2 Å². The highest BCUT2D eigenvalue weighted by atomic mass is 16.5. The summed E-state index contributed by atoms with van der Waals surface area (Å²) in [6.45, 7) is 4.05. The highest BCUT2D eigenvalue weighted by Crippen LogP contribution is 2.14. The van der Waals surface area contributed by atoms with Gasteiger partial charge in [-0.25, -0.2) is 4.98 Å². The minimum atomic E-state index is -0.553. The van der Waals surface area contributed by atoms with Crippen LogP contribution in [0.4, 0.5) is 0 Å². The van der Waals surface area contributed by atoms with E-state index in [4.69, 9.17) is 4.74 Å². The number of aryl methyl sites for hydroxylation is 1. The van der Waals surface area contributed by atoms with Gasteiger partial charge in [-0.1, -0.05) is 13.3 Å². The average molecular weight is 310 g/mol. The number of methoxy groups -OCH3 is 1. The Morgan fingerprint density at radius 1 is 1.59 bits per heavy atom. The number of aliphatic hydroxyl groups is 1. The topological polar surface area (TPSA) is 90.5 Å². The number of likely N-dealkylation sites (tertiary alicyclic amines) is 1. The molecule has 7 nitrogen and oxygen atoms in total. The molecule has 124 valence electrons. The van der Waals surface area contributed by atoms with Crippen LogP contribution in [-0.4, -0.2) is 64.8 Å². The van der Waals surface area contributed by atoms with Gasteiger partial charge in [-0.05, 0) is 6.42 Å². The number of aliphatic hydroxyl groups excluding tert-OH is 1. The molecule has 7 heteroatoms. The number of aromatic amines is 1. The van der Waals surface area contributed by atoms with Crippen LogP contribution in [0.5, 0.6) is 0 Å². The summed E-state index contributed by atoms with van der Waals surface area (Å²) in [5.41, 5.74) is 1.04. The standard InChI is InChI=1S/C15H26N4O3/c1-3-4-5-14-16-6-11(17-14)7-19-8-12(13(20)9-19)18-15(21)10-22-2/h6,12-13,20H,3-5,7-10H2,1-2H3,(H,16,17)(H,18,21)/t12-,13-/m1/s1. The molecule has 0 unspecified atom stereocenters. The van der Waals surface area contributed by atoms with E-state index in [2.05, 4.69) is 27.1 Å². The molecule has 0 radical (unpaired) electrons. The molecule has 3 N–H and O–H groups in total. The predicted molar refractivity (Wildman–Crippen MR) is 82.3 cm³/mol. The molecule has 1 aliphatic heterocycles. The number of hydrogen-bond donors (Lipinski definition) is 3. The Morgan fingerprint density at radius 3 is 3.14 bits per heavy atom. The third-order valence-corrected chi connectivity index (χ3v) is 3.83. The van der Waals surface area contributed by atoms with Crippen molar-refractivity contribution >= 4 is 5.91 Å². The van der Waals surface area contributed by atoms with Crippen LogP contribution < -0.4 is 5.32 Å². The lowest BCUT2D eigenvalue weighted by atomic mass is 10.2. The van der Waals surface area contributed by atoms with Crippen molar-refractivity contribution in [2.75, 3.05) is 26.8 Å². The van der Waals surface area contributed by atoms with Crippen molar-refractivity contribution in [3.05, 3.63) is 17.7 Å². The van der Waals surface area contributed by atoms with E-state index in [1.54, 1.807) is 0 Å². The fourth-order valence-corrected chi connectivity index (χ4v) is 2.71. The zero-order valence-electron chi connectivity index (χ0n) is 13.3. The number of imidazole rings is 1. The fourth-order valence-electron chi connectivity index (χ4n) is 2.71. The van der Waals surface area contributed by atoms with E-state index in [9.17, 15) is 9.90 Å². The molecule has 2 atom stereocenters. The van der Waals surface area contributed by atoms with Crippen LogP contribution in [-0.2, 0) is 22.5 Å². The average Bonchev–Trinajstić information content (AvgIpc) is 3.05. The third kappa shape index (κ3) is 4.79. The Morgan fingerprint density at radius 2 is 2.41 bits per heavy atom. The molecule has 1 saturated heterocycles. The van der Waals surface area contributed by atoms with E-state index < -0.39 is 6.10 Å². The first-order valence-corrected chi connectivity index (χ1v) is 7.83. The minimum Gasteiger partial charge on any atom is -0.390 e. The molecule has 1 aliphatic rings. The lowest BCUT2D eigenvalue weighted by Crippen LogP contribution is -2.44. The monoisotopic (exact) mass is 310 g/mol. The molecule has 1 aromatic rings. The highest BCUT2D eigenvalue weighted by molar-refractivity contribution is 5.77. The van der Waals surface area contributed by atoms with Crippen LogP contribution in [0.1, 0.15) is 31.3 Å². The van der Waals surface area contributed by atoms with Crippen LogP contribution in [0.2, 0.25) is 0 Å². The number of nitrogens with one attached hydrogen (secondary N) is 2. The van der Waals surface area contributed by atoms with Crippen molar-refractivity contribution in [3.63, 3.8) is 0 Å². The number of aromatic nitrogens is 2. The van der Waals surface area contributed by atoms with Gasteiger partial charge in [0.2, 0.25) is 5.91 Å². The number of carbonyl (C=O) groups excluding carboxylic acids is 1. The number of β-amino-alcohol motifs (C(OH)–C–C–N with tert-alkyl or cyclic N) is 1. The lowest BCUT2D eigenvalue weighted by Gasteiger charge is -2.16. The van der Waals surface area contributed by atoms with Gasteiger partial charge < -0.3 is 20.1 Å². The molecule has 0 saturated carbocycles. The van der Waals surface area contributed by atoms with Gasteiger partial charge in [0.25, 0.3) is 0 Å². The number of hydrogen-bond acceptors (Lipinski definition) is 5. The van der Waals surface area contributed by atoms with Gasteiger partial charge in [0.15, 0.2) is 0 Å². The van der Waals surface area contributed by atoms with Gasteiger partial charge in [0.1, 0.15) is 12.4 Å². The Kier molecular flexibility index (Phi) is 6.35. The van der Waals surface area contributed by atoms with E-state index in [1.165, 1.54) is 7.11 Å². The Balaban J connectivity index is 1.81. The molecule has 0 aliphatic carbocycles. The third-order valence-electron chi connectivity index (χ3n) is 3.83. The molecule has 2 rings (SSSR count). The van der Waals surface area contributed by atoms with Crippen LogP contribution >= 0.6 is 0 Å². The Labute approximate surface area is 131 Å².